The summed E-state index contributed by atoms with van der Waals surface area (Å²) in [6, 6.07) is 5.43. The van der Waals surface area contributed by atoms with Crippen molar-refractivity contribution in [2.45, 2.75) is 32.4 Å². The van der Waals surface area contributed by atoms with E-state index in [1.807, 2.05) is 32.1 Å². The van der Waals surface area contributed by atoms with E-state index in [2.05, 4.69) is 10.3 Å². The van der Waals surface area contributed by atoms with Gasteiger partial charge in [0, 0.05) is 12.2 Å². The summed E-state index contributed by atoms with van der Waals surface area (Å²) in [5, 5.41) is 3.05. The smallest absolute Gasteiger partial charge is 0.251 e. The molecule has 24 heavy (non-hydrogen) atoms. The predicted octanol–water partition coefficient (Wildman–Crippen LogP) is 3.17. The second-order valence-electron chi connectivity index (χ2n) is 6.13. The lowest BCUT2D eigenvalue weighted by molar-refractivity contribution is -0.0457. The molecule has 0 spiro atoms. The number of allylic oxidation sites excluding steroid dienone is 1. The number of aromatic nitrogens is 1. The molecule has 6 heteroatoms. The number of carbonyl (C=O) groups excluding carboxylic acids is 1. The van der Waals surface area contributed by atoms with Gasteiger partial charge in [0.05, 0.1) is 41.1 Å². The van der Waals surface area contributed by atoms with Crippen molar-refractivity contribution in [3.8, 4) is 0 Å². The van der Waals surface area contributed by atoms with Gasteiger partial charge in [-0.3, -0.25) is 4.79 Å². The van der Waals surface area contributed by atoms with Crippen molar-refractivity contribution in [2.75, 3.05) is 19.8 Å². The van der Waals surface area contributed by atoms with Crippen molar-refractivity contribution in [3.05, 3.63) is 40.9 Å². The zero-order valence-corrected chi connectivity index (χ0v) is 14.8. The fourth-order valence-corrected chi connectivity index (χ4v) is 3.36. The molecule has 1 aromatic heterocycles. The first-order chi connectivity index (χ1) is 11.6. The second kappa shape index (κ2) is 7.88. The van der Waals surface area contributed by atoms with E-state index >= 15 is 0 Å². The highest BCUT2D eigenvalue weighted by Gasteiger charge is 2.28. The highest BCUT2D eigenvalue weighted by molar-refractivity contribution is 7.16. The van der Waals surface area contributed by atoms with Crippen LogP contribution in [-0.4, -0.2) is 42.9 Å². The van der Waals surface area contributed by atoms with E-state index in [-0.39, 0.29) is 18.1 Å². The number of benzene rings is 1. The molecule has 5 nitrogen and oxygen atoms in total. The predicted molar refractivity (Wildman–Crippen MR) is 95.5 cm³/mol. The maximum absolute atomic E-state index is 12.6. The third kappa shape index (κ3) is 4.20. The Kier molecular flexibility index (Phi) is 5.60. The van der Waals surface area contributed by atoms with Crippen LogP contribution in [0.25, 0.3) is 10.2 Å². The average molecular weight is 346 g/mol. The number of amides is 1. The van der Waals surface area contributed by atoms with Crippen molar-refractivity contribution >= 4 is 27.5 Å². The van der Waals surface area contributed by atoms with Crippen LogP contribution in [0.4, 0.5) is 0 Å². The molecule has 1 aliphatic rings. The molecule has 1 saturated heterocycles. The van der Waals surface area contributed by atoms with Crippen molar-refractivity contribution in [2.24, 2.45) is 0 Å². The molecule has 0 bridgehead atoms. The molecule has 1 aromatic carbocycles. The van der Waals surface area contributed by atoms with Crippen LogP contribution in [0.1, 0.15) is 30.6 Å². The van der Waals surface area contributed by atoms with E-state index in [0.717, 1.165) is 16.6 Å². The van der Waals surface area contributed by atoms with E-state index in [9.17, 15) is 4.79 Å². The first-order valence-electron chi connectivity index (χ1n) is 8.10. The van der Waals surface area contributed by atoms with Gasteiger partial charge in [-0.25, -0.2) is 4.98 Å². The lowest BCUT2D eigenvalue weighted by Gasteiger charge is -2.31. The number of thiazole rings is 1. The fraction of sp³-hybridized carbons (Fsp3) is 0.444. The van der Waals surface area contributed by atoms with E-state index in [1.54, 1.807) is 11.6 Å². The van der Waals surface area contributed by atoms with E-state index in [1.165, 1.54) is 16.9 Å². The van der Waals surface area contributed by atoms with Gasteiger partial charge in [0.2, 0.25) is 0 Å². The molecule has 0 aliphatic carbocycles. The molecule has 1 N–H and O–H groups in total. The third-order valence-electron chi connectivity index (χ3n) is 4.00. The van der Waals surface area contributed by atoms with Crippen LogP contribution in [0.3, 0.4) is 0 Å². The van der Waals surface area contributed by atoms with Crippen molar-refractivity contribution in [1.82, 2.24) is 10.3 Å². The maximum Gasteiger partial charge on any atom is 0.251 e. The maximum atomic E-state index is 12.6. The van der Waals surface area contributed by atoms with E-state index in [4.69, 9.17) is 9.47 Å². The molecule has 3 rings (SSSR count). The second-order valence-corrected chi connectivity index (χ2v) is 7.02. The van der Waals surface area contributed by atoms with E-state index in [0.29, 0.717) is 25.4 Å². The molecule has 2 aromatic rings. The van der Waals surface area contributed by atoms with Gasteiger partial charge in [0.1, 0.15) is 0 Å². The van der Waals surface area contributed by atoms with Crippen molar-refractivity contribution in [1.29, 1.82) is 0 Å². The van der Waals surface area contributed by atoms with Gasteiger partial charge in [-0.05, 0) is 38.5 Å². The van der Waals surface area contributed by atoms with Crippen molar-refractivity contribution in [3.63, 3.8) is 0 Å². The van der Waals surface area contributed by atoms with Crippen LogP contribution in [0.5, 0.6) is 0 Å². The summed E-state index contributed by atoms with van der Waals surface area (Å²) in [5.41, 5.74) is 4.57. The minimum Gasteiger partial charge on any atom is -0.379 e. The monoisotopic (exact) mass is 346 g/mol. The van der Waals surface area contributed by atoms with Gasteiger partial charge in [-0.2, -0.15) is 0 Å². The number of carbonyl (C=O) groups is 1. The van der Waals surface area contributed by atoms with Crippen LogP contribution in [-0.2, 0) is 9.47 Å². The Morgan fingerprint density at radius 1 is 1.50 bits per heavy atom. The summed E-state index contributed by atoms with van der Waals surface area (Å²) < 4.78 is 12.5. The first-order valence-corrected chi connectivity index (χ1v) is 8.98. The topological polar surface area (TPSA) is 60.5 Å². The minimum atomic E-state index is -0.131. The average Bonchev–Trinajstić information content (AvgIpc) is 3.03. The largest absolute Gasteiger partial charge is 0.379 e. The molecule has 0 radical (unpaired) electrons. The molecule has 1 amide bonds. The highest BCUT2D eigenvalue weighted by Crippen LogP contribution is 2.20. The Morgan fingerprint density at radius 3 is 3.21 bits per heavy atom. The Labute approximate surface area is 145 Å². The van der Waals surface area contributed by atoms with Crippen molar-refractivity contribution < 1.29 is 14.3 Å². The molecule has 2 heterocycles. The standard InChI is InChI=1S/C18H22N2O3S/c1-12(2)5-8-23-16-6-7-22-10-15(16)20-18(21)13-3-4-14-17(9-13)24-11-19-14/h3-5,9,11,15-16H,6-8,10H2,1-2H3,(H,20,21)/t15-,16+/m0/s1. The van der Waals surface area contributed by atoms with E-state index < -0.39 is 0 Å². The number of hydrogen-bond donors (Lipinski definition) is 1. The Morgan fingerprint density at radius 2 is 2.38 bits per heavy atom. The fourth-order valence-electron chi connectivity index (χ4n) is 2.64. The number of rotatable bonds is 5. The molecule has 0 unspecified atom stereocenters. The Bertz CT molecular complexity index is 737. The van der Waals surface area contributed by atoms with Gasteiger partial charge < -0.3 is 14.8 Å². The molecule has 128 valence electrons. The van der Waals surface area contributed by atoms with Gasteiger partial charge in [0.25, 0.3) is 5.91 Å². The van der Waals surface area contributed by atoms with Gasteiger partial charge in [-0.1, -0.05) is 11.6 Å². The summed E-state index contributed by atoms with van der Waals surface area (Å²) in [5.74, 6) is -0.100. The summed E-state index contributed by atoms with van der Waals surface area (Å²) in [7, 11) is 0. The minimum absolute atomic E-state index is 0.0227. The van der Waals surface area contributed by atoms with Crippen LogP contribution >= 0.6 is 11.3 Å². The molecule has 2 atom stereocenters. The van der Waals surface area contributed by atoms with Crippen LogP contribution in [0.15, 0.2) is 35.4 Å². The Hall–Kier alpha value is -1.76. The quantitative estimate of drug-likeness (QED) is 0.845. The number of nitrogens with zero attached hydrogens (tertiary/aromatic N) is 1. The summed E-state index contributed by atoms with van der Waals surface area (Å²) in [4.78, 5) is 16.8. The first kappa shape index (κ1) is 17.1. The molecule has 0 saturated carbocycles. The Balaban J connectivity index is 1.65. The summed E-state index contributed by atoms with van der Waals surface area (Å²) in [6.07, 6.45) is 2.81. The number of hydrogen-bond acceptors (Lipinski definition) is 5. The summed E-state index contributed by atoms with van der Waals surface area (Å²) >= 11 is 1.53. The lowest BCUT2D eigenvalue weighted by Crippen LogP contribution is -2.50. The zero-order chi connectivity index (χ0) is 16.9. The summed E-state index contributed by atoms with van der Waals surface area (Å²) in [6.45, 7) is 5.79. The molecular formula is C18H22N2O3S. The van der Waals surface area contributed by atoms with Gasteiger partial charge in [0.15, 0.2) is 0 Å². The zero-order valence-electron chi connectivity index (χ0n) is 14.0. The highest BCUT2D eigenvalue weighted by atomic mass is 32.1. The van der Waals surface area contributed by atoms with Gasteiger partial charge in [-0.15, -0.1) is 11.3 Å². The van der Waals surface area contributed by atoms with Crippen LogP contribution < -0.4 is 5.32 Å². The third-order valence-corrected chi connectivity index (χ3v) is 4.80. The SMILES string of the molecule is CC(C)=CCO[C@@H]1CCOC[C@@H]1NC(=O)c1ccc2ncsc2c1. The van der Waals surface area contributed by atoms with Crippen LogP contribution in [0, 0.1) is 0 Å². The molecule has 1 fully saturated rings. The molecule has 1 aliphatic heterocycles. The normalized spacial score (nSPS) is 20.8. The number of fused-ring (bicyclic) bond motifs is 1. The number of nitrogens with one attached hydrogen (secondary N) is 1. The molecular weight excluding hydrogens is 324 g/mol. The lowest BCUT2D eigenvalue weighted by atomic mass is 10.1. The number of ether oxygens (including phenoxy) is 2. The van der Waals surface area contributed by atoms with Gasteiger partial charge >= 0.3 is 0 Å². The van der Waals surface area contributed by atoms with Crippen LogP contribution in [0.2, 0.25) is 0 Å².